The predicted molar refractivity (Wildman–Crippen MR) is 100 cm³/mol. The number of amides is 2. The lowest BCUT2D eigenvalue weighted by Gasteiger charge is -2.21. The van der Waals surface area contributed by atoms with Crippen LogP contribution in [0.5, 0.6) is 0 Å². The smallest absolute Gasteiger partial charge is 0.329 e. The predicted octanol–water partition coefficient (Wildman–Crippen LogP) is 3.48. The van der Waals surface area contributed by atoms with Crippen molar-refractivity contribution in [3.8, 4) is 0 Å². The van der Waals surface area contributed by atoms with Gasteiger partial charge in [0.15, 0.2) is 0 Å². The topological polar surface area (TPSA) is 111 Å². The molecule has 1 atom stereocenters. The molecule has 0 heterocycles. The Morgan fingerprint density at radius 2 is 1.70 bits per heavy atom. The number of hydrogen-bond acceptors (Lipinski definition) is 5. The van der Waals surface area contributed by atoms with Gasteiger partial charge in [-0.2, -0.15) is 0 Å². The average molecular weight is 371 g/mol. The fourth-order valence-electron chi connectivity index (χ4n) is 2.38. The van der Waals surface area contributed by atoms with Gasteiger partial charge in [0, 0.05) is 11.8 Å². The normalized spacial score (nSPS) is 11.5. The number of nitro groups is 1. The maximum Gasteiger partial charge on any atom is 0.329 e. The first kappa shape index (κ1) is 19.9. The van der Waals surface area contributed by atoms with Crippen LogP contribution < -0.4 is 10.6 Å². The van der Waals surface area contributed by atoms with E-state index in [9.17, 15) is 19.7 Å². The molecule has 2 rings (SSSR count). The molecule has 0 unspecified atom stereocenters. The maximum absolute atomic E-state index is 12.4. The van der Waals surface area contributed by atoms with Gasteiger partial charge in [-0.25, -0.2) is 9.59 Å². The molecule has 8 nitrogen and oxygen atoms in total. The molecule has 27 heavy (non-hydrogen) atoms. The largest absolute Gasteiger partial charge is 0.459 e. The summed E-state index contributed by atoms with van der Waals surface area (Å²) >= 11 is 0. The summed E-state index contributed by atoms with van der Waals surface area (Å²) in [5, 5.41) is 16.2. The first-order valence-electron chi connectivity index (χ1n) is 8.40. The number of nitrogens with one attached hydrogen (secondary N) is 2. The van der Waals surface area contributed by atoms with E-state index >= 15 is 0 Å². The molecule has 2 amide bonds. The number of carbonyl (C=O) groups excluding carboxylic acids is 2. The summed E-state index contributed by atoms with van der Waals surface area (Å²) in [4.78, 5) is 35.0. The van der Waals surface area contributed by atoms with Crippen LogP contribution in [-0.2, 0) is 16.1 Å². The van der Waals surface area contributed by atoms with E-state index in [-0.39, 0.29) is 23.8 Å². The summed E-state index contributed by atoms with van der Waals surface area (Å²) in [7, 11) is 0. The zero-order valence-electron chi connectivity index (χ0n) is 15.0. The van der Waals surface area contributed by atoms with E-state index in [1.807, 2.05) is 6.07 Å². The third-order valence-electron chi connectivity index (χ3n) is 3.80. The van der Waals surface area contributed by atoms with Gasteiger partial charge in [-0.05, 0) is 24.1 Å². The summed E-state index contributed by atoms with van der Waals surface area (Å²) in [6.45, 7) is 3.28. The van der Waals surface area contributed by atoms with Crippen LogP contribution in [0, 0.1) is 16.0 Å². The van der Waals surface area contributed by atoms with Gasteiger partial charge < -0.3 is 15.4 Å². The lowest BCUT2D eigenvalue weighted by atomic mass is 10.1. The van der Waals surface area contributed by atoms with Crippen LogP contribution in [0.1, 0.15) is 19.4 Å². The number of esters is 1. The third kappa shape index (κ3) is 5.81. The van der Waals surface area contributed by atoms with Crippen molar-refractivity contribution in [1.82, 2.24) is 5.32 Å². The molecule has 0 fully saturated rings. The number of rotatable bonds is 7. The van der Waals surface area contributed by atoms with Crippen molar-refractivity contribution < 1.29 is 19.2 Å². The molecule has 142 valence electrons. The first-order chi connectivity index (χ1) is 12.9. The van der Waals surface area contributed by atoms with Gasteiger partial charge in [0.05, 0.1) is 10.5 Å². The van der Waals surface area contributed by atoms with Gasteiger partial charge in [-0.3, -0.25) is 10.1 Å². The van der Waals surface area contributed by atoms with Crippen LogP contribution in [0.2, 0.25) is 0 Å². The minimum absolute atomic E-state index is 0.124. The van der Waals surface area contributed by atoms with Crippen molar-refractivity contribution in [3.63, 3.8) is 0 Å². The van der Waals surface area contributed by atoms with E-state index in [4.69, 9.17) is 4.74 Å². The molecule has 0 aliphatic carbocycles. The molecular formula is C19H21N3O5. The molecule has 0 bridgehead atoms. The Morgan fingerprint density at radius 3 is 2.33 bits per heavy atom. The Bertz CT molecular complexity index is 808. The van der Waals surface area contributed by atoms with Crippen molar-refractivity contribution in [3.05, 3.63) is 70.3 Å². The number of urea groups is 1. The second-order valence-corrected chi connectivity index (χ2v) is 6.18. The van der Waals surface area contributed by atoms with Gasteiger partial charge in [0.2, 0.25) is 0 Å². The second kappa shape index (κ2) is 9.33. The first-order valence-corrected chi connectivity index (χ1v) is 8.40. The van der Waals surface area contributed by atoms with Crippen LogP contribution >= 0.6 is 0 Å². The van der Waals surface area contributed by atoms with Crippen LogP contribution in [0.15, 0.2) is 54.6 Å². The fraction of sp³-hybridized carbons (Fsp3) is 0.263. The van der Waals surface area contributed by atoms with Gasteiger partial charge in [-0.15, -0.1) is 0 Å². The van der Waals surface area contributed by atoms with Gasteiger partial charge in [0.25, 0.3) is 5.69 Å². The summed E-state index contributed by atoms with van der Waals surface area (Å²) in [5.41, 5.74) is 0.749. The second-order valence-electron chi connectivity index (χ2n) is 6.18. The highest BCUT2D eigenvalue weighted by atomic mass is 16.6. The summed E-state index contributed by atoms with van der Waals surface area (Å²) < 4.78 is 5.21. The number of nitrogens with zero attached hydrogens (tertiary/aromatic N) is 1. The van der Waals surface area contributed by atoms with Gasteiger partial charge >= 0.3 is 12.0 Å². The number of carbonyl (C=O) groups is 2. The van der Waals surface area contributed by atoms with Crippen LogP contribution in [0.4, 0.5) is 16.2 Å². The Morgan fingerprint density at radius 1 is 1.07 bits per heavy atom. The zero-order valence-corrected chi connectivity index (χ0v) is 15.0. The number of anilines is 1. The lowest BCUT2D eigenvalue weighted by molar-refractivity contribution is -0.385. The van der Waals surface area contributed by atoms with Crippen LogP contribution in [0.3, 0.4) is 0 Å². The molecule has 2 aromatic carbocycles. The molecule has 0 aromatic heterocycles. The van der Waals surface area contributed by atoms with Crippen molar-refractivity contribution in [1.29, 1.82) is 0 Å². The van der Waals surface area contributed by atoms with Crippen LogP contribution in [-0.4, -0.2) is 23.0 Å². The average Bonchev–Trinajstić information content (AvgIpc) is 2.65. The SMILES string of the molecule is CC(C)[C@H](NC(=O)Nc1ccccc1)C(=O)OCc1ccccc1[N+](=O)[O-]. The number of ether oxygens (including phenoxy) is 1. The molecule has 2 N–H and O–H groups in total. The number of benzene rings is 2. The quantitative estimate of drug-likeness (QED) is 0.440. The summed E-state index contributed by atoms with van der Waals surface area (Å²) in [6, 6.07) is 13.4. The zero-order chi connectivity index (χ0) is 19.8. The molecule has 0 aliphatic heterocycles. The van der Waals surface area contributed by atoms with Crippen molar-refractivity contribution in [2.24, 2.45) is 5.92 Å². The van der Waals surface area contributed by atoms with Gasteiger partial charge in [-0.1, -0.05) is 44.2 Å². The number of nitro benzene ring substituents is 1. The number of hydrogen-bond donors (Lipinski definition) is 2. The van der Waals surface area contributed by atoms with E-state index in [0.717, 1.165) is 0 Å². The Hall–Kier alpha value is -3.42. The van der Waals surface area contributed by atoms with E-state index in [1.165, 1.54) is 18.2 Å². The lowest BCUT2D eigenvalue weighted by Crippen LogP contribution is -2.47. The number of para-hydroxylation sites is 2. The highest BCUT2D eigenvalue weighted by molar-refractivity contribution is 5.92. The fourth-order valence-corrected chi connectivity index (χ4v) is 2.38. The molecule has 0 aliphatic rings. The third-order valence-corrected chi connectivity index (χ3v) is 3.80. The molecule has 8 heteroatoms. The van der Waals surface area contributed by atoms with E-state index < -0.39 is 23.0 Å². The minimum Gasteiger partial charge on any atom is -0.459 e. The van der Waals surface area contributed by atoms with E-state index in [2.05, 4.69) is 10.6 Å². The van der Waals surface area contributed by atoms with Crippen molar-refractivity contribution >= 4 is 23.4 Å². The summed E-state index contributed by atoms with van der Waals surface area (Å²) in [6.07, 6.45) is 0. The Balaban J connectivity index is 1.99. The standard InChI is InChI=1S/C19H21N3O5/c1-13(2)17(21-19(24)20-15-9-4-3-5-10-15)18(23)27-12-14-8-6-7-11-16(14)22(25)26/h3-11,13,17H,12H2,1-2H3,(H2,20,21,24)/t17-/m0/s1. The van der Waals surface area contributed by atoms with Crippen molar-refractivity contribution in [2.75, 3.05) is 5.32 Å². The molecule has 0 radical (unpaired) electrons. The van der Waals surface area contributed by atoms with Crippen molar-refractivity contribution in [2.45, 2.75) is 26.5 Å². The minimum atomic E-state index is -0.892. The molecular weight excluding hydrogens is 350 g/mol. The highest BCUT2D eigenvalue weighted by Crippen LogP contribution is 2.19. The maximum atomic E-state index is 12.4. The van der Waals surface area contributed by atoms with Crippen LogP contribution in [0.25, 0.3) is 0 Å². The van der Waals surface area contributed by atoms with E-state index in [0.29, 0.717) is 5.69 Å². The highest BCUT2D eigenvalue weighted by Gasteiger charge is 2.26. The molecule has 0 saturated heterocycles. The molecule has 2 aromatic rings. The summed E-state index contributed by atoms with van der Waals surface area (Å²) in [5.74, 6) is -0.892. The van der Waals surface area contributed by atoms with Gasteiger partial charge in [0.1, 0.15) is 12.6 Å². The van der Waals surface area contributed by atoms with E-state index in [1.54, 1.807) is 44.2 Å². The Labute approximate surface area is 156 Å². The Kier molecular flexibility index (Phi) is 6.87. The molecule has 0 saturated carbocycles. The monoisotopic (exact) mass is 371 g/mol. The molecule has 0 spiro atoms.